The highest BCUT2D eigenvalue weighted by atomic mass is 19.1. The molecule has 2 aromatic heterocycles. The third-order valence-corrected chi connectivity index (χ3v) is 5.32. The largest absolute Gasteiger partial charge is 0.505 e. The maximum atomic E-state index is 13.4. The summed E-state index contributed by atoms with van der Waals surface area (Å²) in [7, 11) is 0. The molecule has 4 rings (SSSR count). The molecular formula is C25H25FN4O6. The van der Waals surface area contributed by atoms with Crippen LogP contribution in [0.25, 0.3) is 17.2 Å². The van der Waals surface area contributed by atoms with Crippen LogP contribution in [0, 0.1) is 5.82 Å². The Morgan fingerprint density at radius 1 is 1.17 bits per heavy atom. The van der Waals surface area contributed by atoms with Gasteiger partial charge in [-0.2, -0.15) is 0 Å². The predicted molar refractivity (Wildman–Crippen MR) is 129 cm³/mol. The number of aliphatic hydroxyl groups is 1. The standard InChI is InChI=1S/C25H25FN4O6/c1-25(2,3)29-22(33)16-12-30-19-18(20(32)17(24(30)35)23(34)27-8-9-31)28-11-14(21(19)36-16)10-13-4-6-15(26)7-5-13/h4-7,11-12,31-32H,8-10H2,1-3H3,(H,27,34)(H,29,33). The minimum Gasteiger partial charge on any atom is -0.505 e. The van der Waals surface area contributed by atoms with Crippen molar-refractivity contribution < 1.29 is 28.9 Å². The van der Waals surface area contributed by atoms with Gasteiger partial charge in [-0.15, -0.1) is 0 Å². The number of hydrogen-bond donors (Lipinski definition) is 4. The smallest absolute Gasteiger partial charge is 0.288 e. The number of carbonyl (C=O) groups excluding carboxylic acids is 2. The number of pyridine rings is 2. The molecule has 0 saturated carbocycles. The van der Waals surface area contributed by atoms with Crippen LogP contribution in [-0.4, -0.2) is 50.3 Å². The fraction of sp³-hybridized carbons (Fsp3) is 0.280. The van der Waals surface area contributed by atoms with Crippen molar-refractivity contribution in [1.29, 1.82) is 0 Å². The molecule has 10 nitrogen and oxygen atoms in total. The van der Waals surface area contributed by atoms with Crippen LogP contribution < -0.4 is 20.9 Å². The quantitative estimate of drug-likeness (QED) is 0.406. The van der Waals surface area contributed by atoms with Crippen molar-refractivity contribution in [2.75, 3.05) is 13.2 Å². The van der Waals surface area contributed by atoms with Crippen LogP contribution in [0.4, 0.5) is 4.39 Å². The minimum atomic E-state index is -0.906. The molecule has 0 bridgehead atoms. The van der Waals surface area contributed by atoms with E-state index in [0.717, 1.165) is 10.8 Å². The Morgan fingerprint density at radius 2 is 1.86 bits per heavy atom. The first-order valence-electron chi connectivity index (χ1n) is 11.1. The van der Waals surface area contributed by atoms with Crippen LogP contribution in [0.3, 0.4) is 0 Å². The Labute approximate surface area is 205 Å². The molecule has 188 valence electrons. The Hall–Kier alpha value is -4.25. The summed E-state index contributed by atoms with van der Waals surface area (Å²) in [5, 5.41) is 24.9. The van der Waals surface area contributed by atoms with Crippen molar-refractivity contribution in [3.63, 3.8) is 0 Å². The summed E-state index contributed by atoms with van der Waals surface area (Å²) in [4.78, 5) is 43.2. The van der Waals surface area contributed by atoms with Gasteiger partial charge in [0.1, 0.15) is 22.4 Å². The molecule has 1 aliphatic rings. The molecule has 3 aromatic rings. The van der Waals surface area contributed by atoms with E-state index < -0.39 is 40.0 Å². The van der Waals surface area contributed by atoms with Gasteiger partial charge in [0.15, 0.2) is 11.5 Å². The molecular weight excluding hydrogens is 471 g/mol. The van der Waals surface area contributed by atoms with E-state index in [1.807, 2.05) is 0 Å². The van der Waals surface area contributed by atoms with Gasteiger partial charge in [0.05, 0.1) is 12.8 Å². The average Bonchev–Trinajstić information content (AvgIpc) is 2.82. The first kappa shape index (κ1) is 24.9. The highest BCUT2D eigenvalue weighted by Crippen LogP contribution is 2.38. The second kappa shape index (κ2) is 9.42. The van der Waals surface area contributed by atoms with Crippen molar-refractivity contribution >= 4 is 29.0 Å². The number of rotatable bonds is 6. The number of aliphatic hydroxyl groups excluding tert-OH is 1. The number of ether oxygens (including phenoxy) is 1. The number of carbonyl (C=O) groups is 2. The Balaban J connectivity index is 1.93. The van der Waals surface area contributed by atoms with E-state index in [4.69, 9.17) is 9.84 Å². The van der Waals surface area contributed by atoms with Gasteiger partial charge in [0.2, 0.25) is 5.76 Å². The summed E-state index contributed by atoms with van der Waals surface area (Å²) < 4.78 is 20.4. The van der Waals surface area contributed by atoms with Crippen molar-refractivity contribution in [1.82, 2.24) is 20.2 Å². The summed E-state index contributed by atoms with van der Waals surface area (Å²) in [6, 6.07) is 5.77. The van der Waals surface area contributed by atoms with E-state index in [1.54, 1.807) is 32.9 Å². The second-order valence-corrected chi connectivity index (χ2v) is 9.29. The van der Waals surface area contributed by atoms with Crippen LogP contribution in [0.5, 0.6) is 11.5 Å². The van der Waals surface area contributed by atoms with Crippen molar-refractivity contribution in [2.24, 2.45) is 0 Å². The highest BCUT2D eigenvalue weighted by Gasteiger charge is 2.31. The number of amides is 2. The van der Waals surface area contributed by atoms with E-state index in [0.29, 0.717) is 11.1 Å². The number of benzene rings is 1. The lowest BCUT2D eigenvalue weighted by molar-refractivity contribution is -0.120. The maximum absolute atomic E-state index is 13.4. The molecule has 4 N–H and O–H groups in total. The van der Waals surface area contributed by atoms with Crippen LogP contribution >= 0.6 is 0 Å². The zero-order chi connectivity index (χ0) is 26.2. The molecule has 0 spiro atoms. The molecule has 2 amide bonds. The first-order valence-corrected chi connectivity index (χ1v) is 11.1. The SMILES string of the molecule is CC(C)(C)NC(=O)C1=Cn2c(=O)c(C(=O)NCCO)c(O)c3ncc(Cc4ccc(F)cc4)c(c32)O1. The van der Waals surface area contributed by atoms with E-state index >= 15 is 0 Å². The van der Waals surface area contributed by atoms with E-state index in [1.165, 1.54) is 18.3 Å². The van der Waals surface area contributed by atoms with Gasteiger partial charge in [-0.25, -0.2) is 4.39 Å². The lowest BCUT2D eigenvalue weighted by atomic mass is 10.0. The zero-order valence-corrected chi connectivity index (χ0v) is 19.9. The molecule has 0 unspecified atom stereocenters. The van der Waals surface area contributed by atoms with Crippen LogP contribution in [0.15, 0.2) is 41.0 Å². The molecule has 3 heterocycles. The summed E-state index contributed by atoms with van der Waals surface area (Å²) >= 11 is 0. The number of halogens is 1. The molecule has 0 fully saturated rings. The fourth-order valence-electron chi connectivity index (χ4n) is 3.77. The normalized spacial score (nSPS) is 12.6. The van der Waals surface area contributed by atoms with Gasteiger partial charge in [-0.3, -0.25) is 23.9 Å². The predicted octanol–water partition coefficient (Wildman–Crippen LogP) is 1.66. The number of hydrogen-bond acceptors (Lipinski definition) is 7. The van der Waals surface area contributed by atoms with Gasteiger partial charge in [0, 0.05) is 30.3 Å². The van der Waals surface area contributed by atoms with E-state index in [-0.39, 0.29) is 42.1 Å². The molecule has 1 aromatic carbocycles. The van der Waals surface area contributed by atoms with Gasteiger partial charge in [-0.1, -0.05) is 12.1 Å². The molecule has 0 aliphatic carbocycles. The highest BCUT2D eigenvalue weighted by molar-refractivity contribution is 6.04. The summed E-state index contributed by atoms with van der Waals surface area (Å²) in [5.74, 6) is -2.67. The van der Waals surface area contributed by atoms with E-state index in [2.05, 4.69) is 15.6 Å². The fourth-order valence-corrected chi connectivity index (χ4v) is 3.77. The van der Waals surface area contributed by atoms with E-state index in [9.17, 15) is 23.9 Å². The molecule has 0 saturated heterocycles. The second-order valence-electron chi connectivity index (χ2n) is 9.29. The molecule has 11 heteroatoms. The summed E-state index contributed by atoms with van der Waals surface area (Å²) in [6.07, 6.45) is 2.76. The third kappa shape index (κ3) is 4.78. The van der Waals surface area contributed by atoms with Crippen molar-refractivity contribution in [3.8, 4) is 11.5 Å². The molecule has 1 aliphatic heterocycles. The van der Waals surface area contributed by atoms with Crippen molar-refractivity contribution in [3.05, 3.63) is 69.1 Å². The Morgan fingerprint density at radius 3 is 2.50 bits per heavy atom. The Bertz CT molecular complexity index is 1450. The van der Waals surface area contributed by atoms with Gasteiger partial charge in [0.25, 0.3) is 17.4 Å². The van der Waals surface area contributed by atoms with Crippen LogP contribution in [-0.2, 0) is 11.2 Å². The van der Waals surface area contributed by atoms with Crippen LogP contribution in [0.1, 0.15) is 42.3 Å². The number of aromatic hydroxyl groups is 1. The zero-order valence-electron chi connectivity index (χ0n) is 19.9. The minimum absolute atomic E-state index is 0.0723. The summed E-state index contributed by atoms with van der Waals surface area (Å²) in [6.45, 7) is 4.83. The van der Waals surface area contributed by atoms with Gasteiger partial charge >= 0.3 is 0 Å². The first-order chi connectivity index (χ1) is 17.0. The number of nitrogens with zero attached hydrogens (tertiary/aromatic N) is 2. The van der Waals surface area contributed by atoms with Gasteiger partial charge < -0.3 is 25.6 Å². The average molecular weight is 496 g/mol. The molecule has 36 heavy (non-hydrogen) atoms. The molecule has 0 atom stereocenters. The van der Waals surface area contributed by atoms with Gasteiger partial charge in [-0.05, 0) is 38.5 Å². The topological polar surface area (TPSA) is 143 Å². The monoisotopic (exact) mass is 496 g/mol. The number of nitrogens with one attached hydrogen (secondary N) is 2. The molecule has 0 radical (unpaired) electrons. The van der Waals surface area contributed by atoms with Crippen LogP contribution in [0.2, 0.25) is 0 Å². The third-order valence-electron chi connectivity index (χ3n) is 5.32. The maximum Gasteiger partial charge on any atom is 0.288 e. The lowest BCUT2D eigenvalue weighted by Crippen LogP contribution is -2.43. The Kier molecular flexibility index (Phi) is 6.51. The lowest BCUT2D eigenvalue weighted by Gasteiger charge is -2.25. The summed E-state index contributed by atoms with van der Waals surface area (Å²) in [5.41, 5.74) is -0.937. The number of aromatic nitrogens is 2. The van der Waals surface area contributed by atoms with Crippen molar-refractivity contribution in [2.45, 2.75) is 32.7 Å².